The number of nitrogens with one attached hydrogen (secondary N) is 1. The SMILES string of the molecule is CCC(=NOC)C1=C(c2ccc(Cl)c(Cl)c2)CC2CC(O)[C@@H]1N2. The maximum atomic E-state index is 10.4. The first-order valence-electron chi connectivity index (χ1n) is 7.78. The van der Waals surface area contributed by atoms with Gasteiger partial charge < -0.3 is 15.3 Å². The van der Waals surface area contributed by atoms with Crippen LogP contribution in [0.3, 0.4) is 0 Å². The van der Waals surface area contributed by atoms with Crippen LogP contribution in [0.5, 0.6) is 0 Å². The van der Waals surface area contributed by atoms with Crippen LogP contribution in [0.25, 0.3) is 5.57 Å². The fourth-order valence-corrected chi connectivity index (χ4v) is 3.85. The van der Waals surface area contributed by atoms with Crippen LogP contribution in [-0.2, 0) is 4.84 Å². The van der Waals surface area contributed by atoms with Crippen LogP contribution < -0.4 is 5.32 Å². The lowest BCUT2D eigenvalue weighted by Crippen LogP contribution is -2.41. The van der Waals surface area contributed by atoms with E-state index < -0.39 is 6.10 Å². The molecule has 2 aliphatic rings. The van der Waals surface area contributed by atoms with Gasteiger partial charge in [-0.25, -0.2) is 0 Å². The Morgan fingerprint density at radius 1 is 1.39 bits per heavy atom. The van der Waals surface area contributed by atoms with Crippen molar-refractivity contribution < 1.29 is 9.94 Å². The third kappa shape index (κ3) is 3.13. The summed E-state index contributed by atoms with van der Waals surface area (Å²) in [6, 6.07) is 5.82. The van der Waals surface area contributed by atoms with Crippen LogP contribution in [0, 0.1) is 0 Å². The first-order valence-corrected chi connectivity index (χ1v) is 8.53. The van der Waals surface area contributed by atoms with E-state index in [4.69, 9.17) is 28.0 Å². The largest absolute Gasteiger partial charge is 0.399 e. The van der Waals surface area contributed by atoms with E-state index in [1.165, 1.54) is 0 Å². The first-order chi connectivity index (χ1) is 11.0. The molecular formula is C17H20Cl2N2O2. The van der Waals surface area contributed by atoms with Crippen molar-refractivity contribution in [2.75, 3.05) is 7.11 Å². The van der Waals surface area contributed by atoms with E-state index in [2.05, 4.69) is 10.5 Å². The van der Waals surface area contributed by atoms with Crippen LogP contribution >= 0.6 is 23.2 Å². The number of hydrogen-bond acceptors (Lipinski definition) is 4. The van der Waals surface area contributed by atoms with Gasteiger partial charge in [0.15, 0.2) is 0 Å². The van der Waals surface area contributed by atoms with Crippen LogP contribution in [-0.4, -0.2) is 36.1 Å². The van der Waals surface area contributed by atoms with Crippen molar-refractivity contribution in [3.63, 3.8) is 0 Å². The van der Waals surface area contributed by atoms with Crippen molar-refractivity contribution >= 4 is 34.5 Å². The highest BCUT2D eigenvalue weighted by Gasteiger charge is 2.42. The Kier molecular flexibility index (Phi) is 4.97. The quantitative estimate of drug-likeness (QED) is 0.640. The third-order valence-electron chi connectivity index (χ3n) is 4.53. The zero-order valence-electron chi connectivity index (χ0n) is 13.1. The average molecular weight is 355 g/mol. The Morgan fingerprint density at radius 3 is 2.83 bits per heavy atom. The van der Waals surface area contributed by atoms with Crippen molar-refractivity contribution in [1.82, 2.24) is 5.32 Å². The second kappa shape index (κ2) is 6.81. The maximum Gasteiger partial charge on any atom is 0.106 e. The average Bonchev–Trinajstić information content (AvgIpc) is 2.83. The number of fused-ring (bicyclic) bond motifs is 2. The van der Waals surface area contributed by atoms with E-state index in [9.17, 15) is 5.11 Å². The van der Waals surface area contributed by atoms with Gasteiger partial charge in [-0.15, -0.1) is 0 Å². The van der Waals surface area contributed by atoms with E-state index in [0.717, 1.165) is 41.7 Å². The molecule has 2 aliphatic heterocycles. The Labute approximate surface area is 146 Å². The highest BCUT2D eigenvalue weighted by Crippen LogP contribution is 2.39. The number of halogens is 2. The fraction of sp³-hybridized carbons (Fsp3) is 0.471. The molecular weight excluding hydrogens is 335 g/mol. The monoisotopic (exact) mass is 354 g/mol. The van der Waals surface area contributed by atoms with Crippen molar-refractivity contribution in [3.05, 3.63) is 39.4 Å². The molecule has 4 nitrogen and oxygen atoms in total. The van der Waals surface area contributed by atoms with Gasteiger partial charge in [0.05, 0.1) is 27.9 Å². The summed E-state index contributed by atoms with van der Waals surface area (Å²) in [5.74, 6) is 0. The van der Waals surface area contributed by atoms with Gasteiger partial charge in [-0.05, 0) is 42.5 Å². The molecule has 0 saturated carbocycles. The lowest BCUT2D eigenvalue weighted by Gasteiger charge is -2.29. The number of aliphatic hydroxyl groups is 1. The summed E-state index contributed by atoms with van der Waals surface area (Å²) in [4.78, 5) is 5.01. The Hall–Kier alpha value is -1.07. The predicted molar refractivity (Wildman–Crippen MR) is 94.1 cm³/mol. The summed E-state index contributed by atoms with van der Waals surface area (Å²) in [7, 11) is 1.54. The summed E-state index contributed by atoms with van der Waals surface area (Å²) in [5, 5.41) is 19.1. The Balaban J connectivity index is 2.16. The molecule has 6 heteroatoms. The van der Waals surface area contributed by atoms with Crippen LogP contribution in [0.15, 0.2) is 28.9 Å². The normalized spacial score (nSPS) is 27.5. The molecule has 2 N–H and O–H groups in total. The predicted octanol–water partition coefficient (Wildman–Crippen LogP) is 3.65. The molecule has 1 saturated heterocycles. The Morgan fingerprint density at radius 2 is 2.17 bits per heavy atom. The number of aliphatic hydroxyl groups excluding tert-OH is 1. The second-order valence-electron chi connectivity index (χ2n) is 5.94. The highest BCUT2D eigenvalue weighted by molar-refractivity contribution is 6.42. The van der Waals surface area contributed by atoms with Crippen molar-refractivity contribution in [2.45, 2.75) is 44.4 Å². The van der Waals surface area contributed by atoms with Crippen LogP contribution in [0.1, 0.15) is 31.7 Å². The minimum Gasteiger partial charge on any atom is -0.399 e. The molecule has 1 aromatic carbocycles. The minimum atomic E-state index is -0.413. The van der Waals surface area contributed by atoms with Gasteiger partial charge in [-0.1, -0.05) is 41.3 Å². The van der Waals surface area contributed by atoms with E-state index >= 15 is 0 Å². The van der Waals surface area contributed by atoms with Crippen LogP contribution in [0.2, 0.25) is 10.0 Å². The fourth-order valence-electron chi connectivity index (χ4n) is 3.55. The lowest BCUT2D eigenvalue weighted by molar-refractivity contribution is 0.172. The molecule has 1 fully saturated rings. The summed E-state index contributed by atoms with van der Waals surface area (Å²) in [6.45, 7) is 2.03. The first kappa shape index (κ1) is 16.8. The molecule has 3 atom stereocenters. The highest BCUT2D eigenvalue weighted by atomic mass is 35.5. The van der Waals surface area contributed by atoms with Gasteiger partial charge in [0.2, 0.25) is 0 Å². The summed E-state index contributed by atoms with van der Waals surface area (Å²) >= 11 is 12.2. The third-order valence-corrected chi connectivity index (χ3v) is 5.27. The molecule has 1 aromatic rings. The van der Waals surface area contributed by atoms with E-state index in [-0.39, 0.29) is 12.1 Å². The standard InChI is InChI=1S/C17H20Cl2N2O2/c1-3-14(21-23-2)16-11(7-10-8-15(22)17(16)20-10)9-4-5-12(18)13(19)6-9/h4-6,10,15,17,20,22H,3,7-8H2,1-2H3/t10?,15?,17-/m0/s1. The Bertz CT molecular complexity index is 673. The van der Waals surface area contributed by atoms with Crippen molar-refractivity contribution in [3.8, 4) is 0 Å². The topological polar surface area (TPSA) is 53.9 Å². The number of nitrogens with zero attached hydrogens (tertiary/aromatic N) is 1. The molecule has 23 heavy (non-hydrogen) atoms. The smallest absolute Gasteiger partial charge is 0.106 e. The number of rotatable bonds is 4. The van der Waals surface area contributed by atoms with Gasteiger partial charge >= 0.3 is 0 Å². The molecule has 0 radical (unpaired) electrons. The van der Waals surface area contributed by atoms with Crippen molar-refractivity contribution in [2.24, 2.45) is 5.16 Å². The lowest BCUT2D eigenvalue weighted by atomic mass is 9.86. The van der Waals surface area contributed by atoms with Gasteiger partial charge in [0, 0.05) is 11.6 Å². The molecule has 0 aromatic heterocycles. The summed E-state index contributed by atoms with van der Waals surface area (Å²) in [5.41, 5.74) is 4.06. The zero-order chi connectivity index (χ0) is 16.6. The minimum absolute atomic E-state index is 0.118. The maximum absolute atomic E-state index is 10.4. The molecule has 0 amide bonds. The van der Waals surface area contributed by atoms with Crippen molar-refractivity contribution in [1.29, 1.82) is 0 Å². The van der Waals surface area contributed by atoms with Gasteiger partial charge in [-0.2, -0.15) is 0 Å². The van der Waals surface area contributed by atoms with E-state index in [0.29, 0.717) is 10.0 Å². The second-order valence-corrected chi connectivity index (χ2v) is 6.76. The van der Waals surface area contributed by atoms with Gasteiger partial charge in [0.1, 0.15) is 7.11 Å². The zero-order valence-corrected chi connectivity index (χ0v) is 14.7. The molecule has 124 valence electrons. The number of oxime groups is 1. The summed E-state index contributed by atoms with van der Waals surface area (Å²) in [6.07, 6.45) is 1.87. The molecule has 2 bridgehead atoms. The molecule has 2 unspecified atom stereocenters. The number of benzene rings is 1. The molecule has 2 heterocycles. The molecule has 0 aliphatic carbocycles. The van der Waals surface area contributed by atoms with E-state index in [1.54, 1.807) is 7.11 Å². The molecule has 0 spiro atoms. The van der Waals surface area contributed by atoms with E-state index in [1.807, 2.05) is 25.1 Å². The van der Waals surface area contributed by atoms with Crippen LogP contribution in [0.4, 0.5) is 0 Å². The van der Waals surface area contributed by atoms with Gasteiger partial charge in [-0.3, -0.25) is 0 Å². The number of hydrogen-bond donors (Lipinski definition) is 2. The summed E-state index contributed by atoms with van der Waals surface area (Å²) < 4.78 is 0. The van der Waals surface area contributed by atoms with Gasteiger partial charge in [0.25, 0.3) is 0 Å². The molecule has 3 rings (SSSR count).